The third kappa shape index (κ3) is 3.53. The zero-order valence-corrected chi connectivity index (χ0v) is 13.9. The first kappa shape index (κ1) is 17.0. The van der Waals surface area contributed by atoms with Crippen molar-refractivity contribution in [2.75, 3.05) is 7.11 Å². The van der Waals surface area contributed by atoms with Crippen molar-refractivity contribution < 1.29 is 14.3 Å². The molecule has 23 heavy (non-hydrogen) atoms. The molecule has 0 aliphatic carbocycles. The van der Waals surface area contributed by atoms with Crippen LogP contribution in [0, 0.1) is 0 Å². The van der Waals surface area contributed by atoms with Crippen LogP contribution < -0.4 is 11.1 Å². The molecule has 1 atom stereocenters. The number of para-hydroxylation sites is 1. The third-order valence-corrected chi connectivity index (χ3v) is 3.87. The number of H-pyrrole nitrogens is 1. The summed E-state index contributed by atoms with van der Waals surface area (Å²) in [4.78, 5) is 27.4. The molecule has 0 saturated carbocycles. The monoisotopic (exact) mass is 317 g/mol. The lowest BCUT2D eigenvalue weighted by atomic mass is 9.91. The van der Waals surface area contributed by atoms with E-state index in [9.17, 15) is 9.59 Å². The van der Waals surface area contributed by atoms with E-state index in [-0.39, 0.29) is 0 Å². The number of aromatic nitrogens is 1. The van der Waals surface area contributed by atoms with Gasteiger partial charge in [-0.25, -0.2) is 4.79 Å². The maximum Gasteiger partial charge on any atom is 0.330 e. The number of amides is 1. The van der Waals surface area contributed by atoms with Crippen molar-refractivity contribution in [1.82, 2.24) is 10.3 Å². The lowest BCUT2D eigenvalue weighted by Gasteiger charge is -2.30. The molecule has 2 aromatic rings. The molecule has 0 saturated heterocycles. The number of hydrogen-bond acceptors (Lipinski definition) is 4. The predicted molar refractivity (Wildman–Crippen MR) is 88.8 cm³/mol. The highest BCUT2D eigenvalue weighted by atomic mass is 16.5. The normalized spacial score (nSPS) is 14.3. The van der Waals surface area contributed by atoms with Gasteiger partial charge in [-0.1, -0.05) is 18.2 Å². The van der Waals surface area contributed by atoms with Gasteiger partial charge < -0.3 is 20.8 Å². The molecule has 0 aliphatic rings. The van der Waals surface area contributed by atoms with Gasteiger partial charge >= 0.3 is 5.97 Å². The van der Waals surface area contributed by atoms with Gasteiger partial charge in [0.2, 0.25) is 5.91 Å². The molecule has 1 amide bonds. The van der Waals surface area contributed by atoms with E-state index in [4.69, 9.17) is 10.5 Å². The van der Waals surface area contributed by atoms with E-state index in [0.29, 0.717) is 6.42 Å². The van der Waals surface area contributed by atoms with E-state index in [2.05, 4.69) is 10.3 Å². The number of benzene rings is 1. The summed E-state index contributed by atoms with van der Waals surface area (Å²) in [5, 5.41) is 3.69. The van der Waals surface area contributed by atoms with Crippen molar-refractivity contribution in [2.45, 2.75) is 38.3 Å². The lowest BCUT2D eigenvalue weighted by molar-refractivity contribution is -0.150. The Labute approximate surface area is 135 Å². The topological polar surface area (TPSA) is 97.2 Å². The van der Waals surface area contributed by atoms with Gasteiger partial charge in [0.25, 0.3) is 0 Å². The molecule has 4 N–H and O–H groups in total. The van der Waals surface area contributed by atoms with Crippen molar-refractivity contribution >= 4 is 22.8 Å². The third-order valence-electron chi connectivity index (χ3n) is 3.87. The highest BCUT2D eigenvalue weighted by Crippen LogP contribution is 2.22. The molecule has 0 spiro atoms. The Morgan fingerprint density at radius 3 is 2.57 bits per heavy atom. The molecule has 124 valence electrons. The van der Waals surface area contributed by atoms with Gasteiger partial charge in [0.15, 0.2) is 0 Å². The van der Waals surface area contributed by atoms with Crippen LogP contribution >= 0.6 is 0 Å². The number of aromatic amines is 1. The molecule has 0 aliphatic heterocycles. The summed E-state index contributed by atoms with van der Waals surface area (Å²) in [6.45, 7) is 4.81. The average Bonchev–Trinajstić information content (AvgIpc) is 2.88. The second-order valence-corrected chi connectivity index (χ2v) is 6.52. The van der Waals surface area contributed by atoms with Gasteiger partial charge in [-0.05, 0) is 32.4 Å². The molecule has 1 heterocycles. The molecule has 1 aromatic carbocycles. The van der Waals surface area contributed by atoms with Crippen LogP contribution in [0.3, 0.4) is 0 Å². The highest BCUT2D eigenvalue weighted by Gasteiger charge is 2.37. The van der Waals surface area contributed by atoms with Crippen LogP contribution in [0.15, 0.2) is 30.5 Å². The smallest absolute Gasteiger partial charge is 0.330 e. The van der Waals surface area contributed by atoms with Gasteiger partial charge in [0.1, 0.15) is 5.54 Å². The van der Waals surface area contributed by atoms with Crippen molar-refractivity contribution in [2.24, 2.45) is 5.73 Å². The molecule has 6 nitrogen and oxygen atoms in total. The van der Waals surface area contributed by atoms with Crippen LogP contribution in [-0.2, 0) is 20.7 Å². The van der Waals surface area contributed by atoms with Crippen LogP contribution in [0.1, 0.15) is 26.3 Å². The molecule has 0 unspecified atom stereocenters. The van der Waals surface area contributed by atoms with Crippen molar-refractivity contribution in [3.8, 4) is 0 Å². The van der Waals surface area contributed by atoms with Crippen molar-refractivity contribution in [3.63, 3.8) is 0 Å². The molecule has 6 heteroatoms. The molecule has 0 radical (unpaired) electrons. The molecular weight excluding hydrogens is 294 g/mol. The standard InChI is InChI=1S/C17H23N3O3/c1-16(2,15(22)23-4)20-14(21)17(3,18)9-11-10-19-13-8-6-5-7-12(11)13/h5-8,10,19H,9,18H2,1-4H3,(H,20,21)/t17-/m1/s1. The number of fused-ring (bicyclic) bond motifs is 1. The lowest BCUT2D eigenvalue weighted by Crippen LogP contribution is -2.60. The Kier molecular flexibility index (Phi) is 4.47. The second-order valence-electron chi connectivity index (χ2n) is 6.52. The Hall–Kier alpha value is -2.34. The Bertz CT molecular complexity index is 732. The first-order valence-electron chi connectivity index (χ1n) is 7.42. The number of nitrogens with two attached hydrogens (primary N) is 1. The minimum Gasteiger partial charge on any atom is -0.467 e. The Morgan fingerprint density at radius 2 is 1.91 bits per heavy atom. The summed E-state index contributed by atoms with van der Waals surface area (Å²) < 4.78 is 4.69. The number of esters is 1. The molecular formula is C17H23N3O3. The van der Waals surface area contributed by atoms with E-state index in [1.807, 2.05) is 30.5 Å². The summed E-state index contributed by atoms with van der Waals surface area (Å²) in [6, 6.07) is 7.82. The van der Waals surface area contributed by atoms with E-state index in [0.717, 1.165) is 16.5 Å². The summed E-state index contributed by atoms with van der Waals surface area (Å²) in [5.74, 6) is -0.924. The Morgan fingerprint density at radius 1 is 1.26 bits per heavy atom. The number of hydrogen-bond donors (Lipinski definition) is 3. The van der Waals surface area contributed by atoms with E-state index in [1.54, 1.807) is 20.8 Å². The number of rotatable bonds is 5. The minimum absolute atomic E-state index is 0.347. The van der Waals surface area contributed by atoms with Crippen LogP contribution in [0.25, 0.3) is 10.9 Å². The second kappa shape index (κ2) is 6.04. The largest absolute Gasteiger partial charge is 0.467 e. The number of carbonyl (C=O) groups is 2. The predicted octanol–water partition coefficient (Wildman–Crippen LogP) is 1.50. The maximum absolute atomic E-state index is 12.5. The van der Waals surface area contributed by atoms with Crippen LogP contribution in [0.5, 0.6) is 0 Å². The first-order chi connectivity index (χ1) is 10.7. The van der Waals surface area contributed by atoms with Gasteiger partial charge in [-0.15, -0.1) is 0 Å². The fourth-order valence-electron chi connectivity index (χ4n) is 2.49. The van der Waals surface area contributed by atoms with Crippen molar-refractivity contribution in [1.29, 1.82) is 0 Å². The van der Waals surface area contributed by atoms with Gasteiger partial charge in [-0.3, -0.25) is 4.79 Å². The number of methoxy groups -OCH3 is 1. The number of ether oxygens (including phenoxy) is 1. The Balaban J connectivity index is 2.18. The van der Waals surface area contributed by atoms with Crippen LogP contribution in [0.4, 0.5) is 0 Å². The summed E-state index contributed by atoms with van der Waals surface area (Å²) in [5.41, 5.74) is 5.87. The van der Waals surface area contributed by atoms with Gasteiger partial charge in [-0.2, -0.15) is 0 Å². The van der Waals surface area contributed by atoms with E-state index in [1.165, 1.54) is 7.11 Å². The fraction of sp³-hybridized carbons (Fsp3) is 0.412. The van der Waals surface area contributed by atoms with E-state index < -0.39 is 23.0 Å². The maximum atomic E-state index is 12.5. The fourth-order valence-corrected chi connectivity index (χ4v) is 2.49. The number of carbonyl (C=O) groups excluding carboxylic acids is 2. The number of nitrogens with one attached hydrogen (secondary N) is 2. The molecule has 2 rings (SSSR count). The van der Waals surface area contributed by atoms with Gasteiger partial charge in [0, 0.05) is 23.5 Å². The van der Waals surface area contributed by atoms with Crippen LogP contribution in [0.2, 0.25) is 0 Å². The van der Waals surface area contributed by atoms with Crippen LogP contribution in [-0.4, -0.2) is 35.0 Å². The summed E-state index contributed by atoms with van der Waals surface area (Å²) in [6.07, 6.45) is 2.20. The molecule has 0 bridgehead atoms. The van der Waals surface area contributed by atoms with E-state index >= 15 is 0 Å². The summed E-state index contributed by atoms with van der Waals surface area (Å²) in [7, 11) is 1.28. The average molecular weight is 317 g/mol. The SMILES string of the molecule is COC(=O)C(C)(C)NC(=O)[C@](C)(N)Cc1c[nH]c2ccccc12. The zero-order valence-electron chi connectivity index (χ0n) is 13.9. The summed E-state index contributed by atoms with van der Waals surface area (Å²) >= 11 is 0. The first-order valence-corrected chi connectivity index (χ1v) is 7.42. The minimum atomic E-state index is -1.16. The van der Waals surface area contributed by atoms with Gasteiger partial charge in [0.05, 0.1) is 12.6 Å². The molecule has 0 fully saturated rings. The highest BCUT2D eigenvalue weighted by molar-refractivity contribution is 5.93. The quantitative estimate of drug-likeness (QED) is 0.728. The van der Waals surface area contributed by atoms with Crippen molar-refractivity contribution in [3.05, 3.63) is 36.0 Å². The molecule has 1 aromatic heterocycles. The zero-order chi connectivity index (χ0) is 17.3.